The number of nitriles is 1. The van der Waals surface area contributed by atoms with Crippen LogP contribution in [-0.2, 0) is 0 Å². The Kier molecular flexibility index (Phi) is 1.94. The van der Waals surface area contributed by atoms with Crippen molar-refractivity contribution in [3.05, 3.63) is 0 Å². The van der Waals surface area contributed by atoms with E-state index in [0.717, 1.165) is 23.7 Å². The molecular weight excluding hydrogens is 182 g/mol. The van der Waals surface area contributed by atoms with Crippen LogP contribution in [0.15, 0.2) is 0 Å². The van der Waals surface area contributed by atoms with Crippen molar-refractivity contribution in [2.75, 3.05) is 0 Å². The topological polar surface area (TPSA) is 23.8 Å². The summed E-state index contributed by atoms with van der Waals surface area (Å²) in [5.74, 6) is 4.01. The van der Waals surface area contributed by atoms with Crippen molar-refractivity contribution in [1.29, 1.82) is 5.26 Å². The molecule has 0 aliphatic heterocycles. The fraction of sp³-hybridized carbons (Fsp3) is 0.929. The van der Waals surface area contributed by atoms with Gasteiger partial charge in [-0.2, -0.15) is 5.26 Å². The summed E-state index contributed by atoms with van der Waals surface area (Å²) in [6.07, 6.45) is 6.80. The van der Waals surface area contributed by atoms with Gasteiger partial charge in [-0.25, -0.2) is 0 Å². The van der Waals surface area contributed by atoms with Crippen LogP contribution >= 0.6 is 0 Å². The van der Waals surface area contributed by atoms with E-state index in [-0.39, 0.29) is 0 Å². The number of rotatable bonds is 1. The summed E-state index contributed by atoms with van der Waals surface area (Å²) < 4.78 is 0. The Labute approximate surface area is 92.9 Å². The zero-order valence-electron chi connectivity index (χ0n) is 9.87. The SMILES string of the molecule is CCC1(C)CC2C3CC(C#N)C(C3)C2C1. The normalized spacial score (nSPS) is 56.7. The van der Waals surface area contributed by atoms with Crippen LogP contribution in [0.3, 0.4) is 0 Å². The second kappa shape index (κ2) is 3.00. The molecule has 0 radical (unpaired) electrons. The maximum absolute atomic E-state index is 9.15. The monoisotopic (exact) mass is 203 g/mol. The Hall–Kier alpha value is -0.510. The van der Waals surface area contributed by atoms with Gasteiger partial charge in [0.1, 0.15) is 0 Å². The lowest BCUT2D eigenvalue weighted by atomic mass is 9.76. The summed E-state index contributed by atoms with van der Waals surface area (Å²) in [5.41, 5.74) is 0.608. The highest BCUT2D eigenvalue weighted by molar-refractivity contribution is 5.11. The number of nitrogens with zero attached hydrogens (tertiary/aromatic N) is 1. The highest BCUT2D eigenvalue weighted by Crippen LogP contribution is 2.65. The van der Waals surface area contributed by atoms with Gasteiger partial charge in [-0.1, -0.05) is 20.3 Å². The maximum atomic E-state index is 9.15. The van der Waals surface area contributed by atoms with Gasteiger partial charge in [0, 0.05) is 5.92 Å². The first-order valence-electron chi connectivity index (χ1n) is 6.56. The van der Waals surface area contributed by atoms with Crippen molar-refractivity contribution in [3.63, 3.8) is 0 Å². The van der Waals surface area contributed by atoms with Gasteiger partial charge in [0.2, 0.25) is 0 Å². The van der Waals surface area contributed by atoms with E-state index in [9.17, 15) is 0 Å². The summed E-state index contributed by atoms with van der Waals surface area (Å²) in [7, 11) is 0. The molecule has 3 aliphatic rings. The molecule has 3 rings (SSSR count). The first-order chi connectivity index (χ1) is 7.17. The van der Waals surface area contributed by atoms with E-state index < -0.39 is 0 Å². The highest BCUT2D eigenvalue weighted by Gasteiger charge is 2.58. The third-order valence-corrected chi connectivity index (χ3v) is 5.83. The molecule has 0 N–H and O–H groups in total. The molecule has 0 aromatic heterocycles. The largest absolute Gasteiger partial charge is 0.198 e. The molecule has 0 saturated heterocycles. The Morgan fingerprint density at radius 1 is 1.20 bits per heavy atom. The highest BCUT2D eigenvalue weighted by atomic mass is 14.6. The number of hydrogen-bond donors (Lipinski definition) is 0. The average Bonchev–Trinajstić information content (AvgIpc) is 2.85. The maximum Gasteiger partial charge on any atom is 0.0658 e. The van der Waals surface area contributed by atoms with Gasteiger partial charge in [-0.05, 0) is 54.8 Å². The van der Waals surface area contributed by atoms with Crippen molar-refractivity contribution in [1.82, 2.24) is 0 Å². The summed E-state index contributed by atoms with van der Waals surface area (Å²) >= 11 is 0. The van der Waals surface area contributed by atoms with Gasteiger partial charge in [0.25, 0.3) is 0 Å². The lowest BCUT2D eigenvalue weighted by Crippen LogP contribution is -2.23. The summed E-state index contributed by atoms with van der Waals surface area (Å²) in [4.78, 5) is 0. The van der Waals surface area contributed by atoms with Gasteiger partial charge in [-0.3, -0.25) is 0 Å². The van der Waals surface area contributed by atoms with Crippen LogP contribution in [0.4, 0.5) is 0 Å². The minimum Gasteiger partial charge on any atom is -0.198 e. The Morgan fingerprint density at radius 2 is 1.93 bits per heavy atom. The summed E-state index contributed by atoms with van der Waals surface area (Å²) in [5, 5.41) is 9.15. The molecule has 3 aliphatic carbocycles. The van der Waals surface area contributed by atoms with Crippen LogP contribution in [0.5, 0.6) is 0 Å². The van der Waals surface area contributed by atoms with Crippen molar-refractivity contribution >= 4 is 0 Å². The first kappa shape index (κ1) is 9.70. The summed E-state index contributed by atoms with van der Waals surface area (Å²) in [6.45, 7) is 4.80. The predicted octanol–water partition coefficient (Wildman–Crippen LogP) is 3.61. The fourth-order valence-electron chi connectivity index (χ4n) is 4.88. The quantitative estimate of drug-likeness (QED) is 0.638. The van der Waals surface area contributed by atoms with Gasteiger partial charge >= 0.3 is 0 Å². The predicted molar refractivity (Wildman–Crippen MR) is 59.9 cm³/mol. The van der Waals surface area contributed by atoms with Crippen LogP contribution in [0, 0.1) is 46.3 Å². The molecule has 3 saturated carbocycles. The molecule has 0 aromatic carbocycles. The third-order valence-electron chi connectivity index (χ3n) is 5.83. The second-order valence-corrected chi connectivity index (χ2v) is 6.53. The van der Waals surface area contributed by atoms with E-state index in [4.69, 9.17) is 5.26 Å². The Bertz CT molecular complexity index is 316. The van der Waals surface area contributed by atoms with E-state index in [1.165, 1.54) is 32.1 Å². The van der Waals surface area contributed by atoms with Crippen molar-refractivity contribution < 1.29 is 0 Å². The smallest absolute Gasteiger partial charge is 0.0658 e. The van der Waals surface area contributed by atoms with Crippen LogP contribution in [0.2, 0.25) is 0 Å². The second-order valence-electron chi connectivity index (χ2n) is 6.53. The first-order valence-corrected chi connectivity index (χ1v) is 6.56. The van der Waals surface area contributed by atoms with Crippen molar-refractivity contribution in [2.45, 2.75) is 46.0 Å². The molecule has 15 heavy (non-hydrogen) atoms. The zero-order chi connectivity index (χ0) is 10.6. The van der Waals surface area contributed by atoms with Crippen LogP contribution < -0.4 is 0 Å². The molecule has 0 aromatic rings. The summed E-state index contributed by atoms with van der Waals surface area (Å²) in [6, 6.07) is 2.55. The Balaban J connectivity index is 1.83. The molecule has 0 amide bonds. The zero-order valence-corrected chi connectivity index (χ0v) is 9.87. The van der Waals surface area contributed by atoms with Gasteiger partial charge in [0.05, 0.1) is 6.07 Å². The lowest BCUT2D eigenvalue weighted by Gasteiger charge is -2.27. The molecule has 82 valence electrons. The third kappa shape index (κ3) is 1.20. The standard InChI is InChI=1S/C14H21N/c1-3-14(2)6-12-9-4-10(8-15)11(5-9)13(12)7-14/h9-13H,3-7H2,1-2H3. The molecule has 2 bridgehead atoms. The molecule has 0 heterocycles. The molecule has 3 fully saturated rings. The van der Waals surface area contributed by atoms with Gasteiger partial charge in [-0.15, -0.1) is 0 Å². The van der Waals surface area contributed by atoms with E-state index in [0.29, 0.717) is 11.3 Å². The van der Waals surface area contributed by atoms with E-state index in [1.807, 2.05) is 0 Å². The molecular formula is C14H21N. The lowest BCUT2D eigenvalue weighted by molar-refractivity contribution is 0.221. The Morgan fingerprint density at radius 3 is 2.60 bits per heavy atom. The van der Waals surface area contributed by atoms with Crippen LogP contribution in [0.1, 0.15) is 46.0 Å². The minimum atomic E-state index is 0.412. The van der Waals surface area contributed by atoms with E-state index >= 15 is 0 Å². The molecule has 6 atom stereocenters. The van der Waals surface area contributed by atoms with Crippen molar-refractivity contribution in [2.24, 2.45) is 35.0 Å². The van der Waals surface area contributed by atoms with Gasteiger partial charge in [0.15, 0.2) is 0 Å². The van der Waals surface area contributed by atoms with Crippen LogP contribution in [0.25, 0.3) is 0 Å². The fourth-order valence-corrected chi connectivity index (χ4v) is 4.88. The van der Waals surface area contributed by atoms with Crippen LogP contribution in [-0.4, -0.2) is 0 Å². The molecule has 6 unspecified atom stereocenters. The minimum absolute atomic E-state index is 0.412. The van der Waals surface area contributed by atoms with Gasteiger partial charge < -0.3 is 0 Å². The van der Waals surface area contributed by atoms with E-state index in [2.05, 4.69) is 19.9 Å². The van der Waals surface area contributed by atoms with E-state index in [1.54, 1.807) is 0 Å². The number of hydrogen-bond acceptors (Lipinski definition) is 1. The number of fused-ring (bicyclic) bond motifs is 5. The van der Waals surface area contributed by atoms with Crippen molar-refractivity contribution in [3.8, 4) is 6.07 Å². The molecule has 0 spiro atoms. The molecule has 1 heteroatoms. The molecule has 1 nitrogen and oxygen atoms in total. The average molecular weight is 203 g/mol.